The molecule has 1 aliphatic heterocycles. The number of rotatable bonds is 4. The summed E-state index contributed by atoms with van der Waals surface area (Å²) in [5.41, 5.74) is 3.97. The first kappa shape index (κ1) is 18.1. The van der Waals surface area contributed by atoms with E-state index in [4.69, 9.17) is 10.00 Å². The van der Waals surface area contributed by atoms with Crippen molar-refractivity contribution in [3.63, 3.8) is 0 Å². The van der Waals surface area contributed by atoms with Gasteiger partial charge >= 0.3 is 0 Å². The van der Waals surface area contributed by atoms with Gasteiger partial charge in [0.25, 0.3) is 0 Å². The maximum absolute atomic E-state index is 10.0. The molecule has 1 fully saturated rings. The molecule has 1 heterocycles. The van der Waals surface area contributed by atoms with E-state index in [1.54, 1.807) is 18.2 Å². The van der Waals surface area contributed by atoms with Crippen LogP contribution in [0, 0.1) is 22.7 Å². The summed E-state index contributed by atoms with van der Waals surface area (Å²) in [5, 5.41) is 37.7. The molecule has 2 aromatic carbocycles. The van der Waals surface area contributed by atoms with E-state index in [9.17, 15) is 15.5 Å². The number of nitriles is 2. The average molecular weight is 348 g/mol. The molecule has 2 N–H and O–H groups in total. The fourth-order valence-electron chi connectivity index (χ4n) is 3.31. The highest BCUT2D eigenvalue weighted by Gasteiger charge is 2.29. The lowest BCUT2D eigenvalue weighted by molar-refractivity contribution is -0.113. The largest absolute Gasteiger partial charge is 0.394 e. The van der Waals surface area contributed by atoms with Crippen LogP contribution in [0.4, 0.5) is 0 Å². The van der Waals surface area contributed by atoms with Gasteiger partial charge in [0.05, 0.1) is 48.2 Å². The van der Waals surface area contributed by atoms with Crippen LogP contribution in [0.3, 0.4) is 0 Å². The fraction of sp³-hybridized carbons (Fsp3) is 0.333. The number of nitrogens with zero attached hydrogens (tertiary/aromatic N) is 2. The van der Waals surface area contributed by atoms with Crippen LogP contribution in [0.15, 0.2) is 42.5 Å². The summed E-state index contributed by atoms with van der Waals surface area (Å²) < 4.78 is 5.87. The minimum Gasteiger partial charge on any atom is -0.394 e. The van der Waals surface area contributed by atoms with Gasteiger partial charge in [-0.1, -0.05) is 24.3 Å². The summed E-state index contributed by atoms with van der Waals surface area (Å²) in [7, 11) is 0. The van der Waals surface area contributed by atoms with Crippen molar-refractivity contribution in [2.45, 2.75) is 37.6 Å². The Bertz CT molecular complexity index is 849. The van der Waals surface area contributed by atoms with Crippen LogP contribution >= 0.6 is 0 Å². The lowest BCUT2D eigenvalue weighted by Gasteiger charge is -2.32. The molecule has 0 saturated carbocycles. The maximum Gasteiger partial charge on any atom is 0.0994 e. The minimum absolute atomic E-state index is 0.123. The van der Waals surface area contributed by atoms with E-state index in [0.717, 1.165) is 16.7 Å². The van der Waals surface area contributed by atoms with Gasteiger partial charge in [0, 0.05) is 12.8 Å². The predicted molar refractivity (Wildman–Crippen MR) is 95.1 cm³/mol. The molecule has 3 unspecified atom stereocenters. The molecular weight excluding hydrogens is 328 g/mol. The number of aliphatic hydroxyl groups is 2. The van der Waals surface area contributed by atoms with Gasteiger partial charge in [0.2, 0.25) is 0 Å². The summed E-state index contributed by atoms with van der Waals surface area (Å²) in [6, 6.07) is 17.2. The molecule has 0 spiro atoms. The molecular formula is C21H20N2O3. The van der Waals surface area contributed by atoms with E-state index in [-0.39, 0.29) is 18.8 Å². The smallest absolute Gasteiger partial charge is 0.0994 e. The van der Waals surface area contributed by atoms with Crippen molar-refractivity contribution in [2.24, 2.45) is 0 Å². The van der Waals surface area contributed by atoms with Crippen molar-refractivity contribution >= 4 is 0 Å². The Morgan fingerprint density at radius 1 is 1.04 bits per heavy atom. The Kier molecular flexibility index (Phi) is 5.65. The highest BCUT2D eigenvalue weighted by atomic mass is 16.5. The molecule has 5 heteroatoms. The van der Waals surface area contributed by atoms with Gasteiger partial charge in [-0.05, 0) is 41.3 Å². The molecule has 1 aliphatic rings. The van der Waals surface area contributed by atoms with E-state index in [0.29, 0.717) is 30.4 Å². The monoisotopic (exact) mass is 348 g/mol. The van der Waals surface area contributed by atoms with Crippen molar-refractivity contribution in [2.75, 3.05) is 6.61 Å². The molecule has 0 aromatic heterocycles. The van der Waals surface area contributed by atoms with Gasteiger partial charge in [-0.2, -0.15) is 10.5 Å². The van der Waals surface area contributed by atoms with Crippen LogP contribution in [0.2, 0.25) is 0 Å². The highest BCUT2D eigenvalue weighted by Crippen LogP contribution is 2.32. The van der Waals surface area contributed by atoms with Crippen LogP contribution < -0.4 is 0 Å². The zero-order valence-electron chi connectivity index (χ0n) is 14.3. The Morgan fingerprint density at radius 3 is 2.46 bits per heavy atom. The number of benzene rings is 2. The highest BCUT2D eigenvalue weighted by molar-refractivity contribution is 5.44. The summed E-state index contributed by atoms with van der Waals surface area (Å²) >= 11 is 0. The Balaban J connectivity index is 1.86. The SMILES string of the molecule is N#Cc1ccc(Cc2cc(C3CC(O)CC(CO)O3)ccc2C#N)cc1. The molecule has 0 bridgehead atoms. The number of hydrogen-bond donors (Lipinski definition) is 2. The predicted octanol–water partition coefficient (Wildman–Crippen LogP) is 2.59. The maximum atomic E-state index is 10.0. The van der Waals surface area contributed by atoms with Crippen molar-refractivity contribution in [1.82, 2.24) is 0 Å². The first-order valence-corrected chi connectivity index (χ1v) is 8.59. The van der Waals surface area contributed by atoms with E-state index in [1.807, 2.05) is 24.3 Å². The van der Waals surface area contributed by atoms with Crippen LogP contribution in [0.1, 0.15) is 46.8 Å². The van der Waals surface area contributed by atoms with Crippen molar-refractivity contribution in [3.05, 3.63) is 70.3 Å². The Morgan fingerprint density at radius 2 is 1.81 bits per heavy atom. The summed E-state index contributed by atoms with van der Waals surface area (Å²) in [6.45, 7) is -0.123. The van der Waals surface area contributed by atoms with E-state index >= 15 is 0 Å². The molecule has 2 aromatic rings. The van der Waals surface area contributed by atoms with Gasteiger partial charge in [0.1, 0.15) is 0 Å². The molecule has 5 nitrogen and oxygen atoms in total. The van der Waals surface area contributed by atoms with Crippen molar-refractivity contribution < 1.29 is 14.9 Å². The number of ether oxygens (including phenoxy) is 1. The molecule has 3 rings (SSSR count). The van der Waals surface area contributed by atoms with E-state index < -0.39 is 6.10 Å². The van der Waals surface area contributed by atoms with Crippen molar-refractivity contribution in [1.29, 1.82) is 10.5 Å². The summed E-state index contributed by atoms with van der Waals surface area (Å²) in [4.78, 5) is 0. The van der Waals surface area contributed by atoms with E-state index in [2.05, 4.69) is 12.1 Å². The second-order valence-electron chi connectivity index (χ2n) is 6.57. The standard InChI is InChI=1S/C21H20N2O3/c22-11-15-3-1-14(2-4-15)7-18-8-16(5-6-17(18)12-23)21-10-19(25)9-20(13-24)26-21/h1-6,8,19-21,24-25H,7,9-10,13H2. The van der Waals surface area contributed by atoms with Gasteiger partial charge in [0.15, 0.2) is 0 Å². The lowest BCUT2D eigenvalue weighted by Crippen LogP contribution is -2.33. The van der Waals surface area contributed by atoms with Crippen LogP contribution in [-0.2, 0) is 11.2 Å². The quantitative estimate of drug-likeness (QED) is 0.885. The zero-order valence-corrected chi connectivity index (χ0v) is 14.3. The third-order valence-electron chi connectivity index (χ3n) is 4.68. The fourth-order valence-corrected chi connectivity index (χ4v) is 3.31. The van der Waals surface area contributed by atoms with Crippen molar-refractivity contribution in [3.8, 4) is 12.1 Å². The third-order valence-corrected chi connectivity index (χ3v) is 4.68. The van der Waals surface area contributed by atoms with Gasteiger partial charge in [-0.3, -0.25) is 0 Å². The molecule has 132 valence electrons. The van der Waals surface area contributed by atoms with E-state index in [1.165, 1.54) is 0 Å². The molecule has 3 atom stereocenters. The Labute approximate surface area is 152 Å². The summed E-state index contributed by atoms with van der Waals surface area (Å²) in [6.07, 6.45) is 0.287. The third kappa shape index (κ3) is 4.09. The van der Waals surface area contributed by atoms with Crippen LogP contribution in [0.25, 0.3) is 0 Å². The van der Waals surface area contributed by atoms with Crippen LogP contribution in [0.5, 0.6) is 0 Å². The molecule has 0 amide bonds. The lowest BCUT2D eigenvalue weighted by atomic mass is 9.92. The van der Waals surface area contributed by atoms with Crippen LogP contribution in [-0.4, -0.2) is 29.0 Å². The van der Waals surface area contributed by atoms with Gasteiger partial charge in [-0.15, -0.1) is 0 Å². The zero-order chi connectivity index (χ0) is 18.5. The molecule has 26 heavy (non-hydrogen) atoms. The Hall–Kier alpha value is -2.70. The first-order chi connectivity index (χ1) is 12.6. The molecule has 0 aliphatic carbocycles. The van der Waals surface area contributed by atoms with Gasteiger partial charge in [-0.25, -0.2) is 0 Å². The molecule has 1 saturated heterocycles. The minimum atomic E-state index is -0.511. The summed E-state index contributed by atoms with van der Waals surface area (Å²) in [5.74, 6) is 0. The topological polar surface area (TPSA) is 97.3 Å². The molecule has 0 radical (unpaired) electrons. The van der Waals surface area contributed by atoms with Gasteiger partial charge < -0.3 is 14.9 Å². The first-order valence-electron chi connectivity index (χ1n) is 8.59. The number of aliphatic hydroxyl groups excluding tert-OH is 2. The number of hydrogen-bond acceptors (Lipinski definition) is 5. The second-order valence-corrected chi connectivity index (χ2v) is 6.57. The average Bonchev–Trinajstić information content (AvgIpc) is 2.68. The normalized spacial score (nSPS) is 22.4. The second kappa shape index (κ2) is 8.12.